The summed E-state index contributed by atoms with van der Waals surface area (Å²) in [6.45, 7) is 2.37. The monoisotopic (exact) mass is 543 g/mol. The minimum absolute atomic E-state index is 0.0288. The molecule has 0 radical (unpaired) electrons. The Labute approximate surface area is 222 Å². The summed E-state index contributed by atoms with van der Waals surface area (Å²) in [4.78, 5) is 39.0. The van der Waals surface area contributed by atoms with Crippen LogP contribution in [0.25, 0.3) is 0 Å². The van der Waals surface area contributed by atoms with Gasteiger partial charge in [0.05, 0.1) is 18.7 Å². The normalized spacial score (nSPS) is 13.3. The summed E-state index contributed by atoms with van der Waals surface area (Å²) in [6.07, 6.45) is 0.108. The molecule has 10 heteroatoms. The highest BCUT2D eigenvalue weighted by Gasteiger charge is 2.38. The first-order chi connectivity index (χ1) is 17.2. The number of amides is 3. The van der Waals surface area contributed by atoms with Gasteiger partial charge in [0, 0.05) is 21.4 Å². The van der Waals surface area contributed by atoms with Crippen LogP contribution in [0, 0.1) is 0 Å². The van der Waals surface area contributed by atoms with E-state index in [1.54, 1.807) is 66.7 Å². The summed E-state index contributed by atoms with van der Waals surface area (Å²) in [5.41, 5.74) is 2.11. The first kappa shape index (κ1) is 25.6. The Morgan fingerprint density at radius 2 is 1.50 bits per heavy atom. The van der Waals surface area contributed by atoms with Crippen molar-refractivity contribution in [2.45, 2.75) is 13.3 Å². The van der Waals surface area contributed by atoms with Crippen molar-refractivity contribution in [3.63, 3.8) is 0 Å². The number of carbonyl (C=O) groups is 3. The predicted octanol–water partition coefficient (Wildman–Crippen LogP) is 6.01. The summed E-state index contributed by atoms with van der Waals surface area (Å²) < 4.78 is 5.40. The van der Waals surface area contributed by atoms with Crippen molar-refractivity contribution in [3.8, 4) is 5.75 Å². The van der Waals surface area contributed by atoms with Crippen molar-refractivity contribution in [2.24, 2.45) is 0 Å². The lowest BCUT2D eigenvalue weighted by Crippen LogP contribution is -2.32. The maximum absolute atomic E-state index is 13.0. The van der Waals surface area contributed by atoms with Crippen molar-refractivity contribution in [3.05, 3.63) is 93.1 Å². The fraction of sp³-hybridized carbons (Fsp3) is 0.115. The van der Waals surface area contributed by atoms with Crippen LogP contribution in [0.4, 0.5) is 17.1 Å². The lowest BCUT2D eigenvalue weighted by Gasteiger charge is -2.15. The van der Waals surface area contributed by atoms with Gasteiger partial charge in [-0.3, -0.25) is 14.4 Å². The van der Waals surface area contributed by atoms with Crippen LogP contribution in [0.1, 0.15) is 12.5 Å². The van der Waals surface area contributed by atoms with Crippen LogP contribution in [-0.4, -0.2) is 24.3 Å². The largest absolute Gasteiger partial charge is 0.494 e. The van der Waals surface area contributed by atoms with Gasteiger partial charge in [-0.25, -0.2) is 4.90 Å². The first-order valence-corrected chi connectivity index (χ1v) is 12.0. The Hall–Kier alpha value is -3.52. The molecule has 0 fully saturated rings. The number of halogens is 3. The van der Waals surface area contributed by atoms with E-state index in [2.05, 4.69) is 10.6 Å². The molecule has 3 aromatic carbocycles. The van der Waals surface area contributed by atoms with Crippen LogP contribution in [0.3, 0.4) is 0 Å². The summed E-state index contributed by atoms with van der Waals surface area (Å²) in [7, 11) is 0. The Balaban J connectivity index is 1.40. The predicted molar refractivity (Wildman–Crippen MR) is 142 cm³/mol. The van der Waals surface area contributed by atoms with Crippen LogP contribution in [0.15, 0.2) is 77.5 Å². The molecule has 1 aliphatic heterocycles. The molecule has 0 bridgehead atoms. The maximum Gasteiger partial charge on any atom is 0.283 e. The second kappa shape index (κ2) is 11.0. The zero-order valence-electron chi connectivity index (χ0n) is 19.0. The lowest BCUT2D eigenvalue weighted by molar-refractivity contribution is -0.120. The number of anilines is 3. The molecule has 0 unspecified atom stereocenters. The van der Waals surface area contributed by atoms with Gasteiger partial charge < -0.3 is 15.4 Å². The van der Waals surface area contributed by atoms with Gasteiger partial charge in [0.2, 0.25) is 5.91 Å². The molecule has 184 valence electrons. The fourth-order valence-electron chi connectivity index (χ4n) is 3.57. The smallest absolute Gasteiger partial charge is 0.283 e. The summed E-state index contributed by atoms with van der Waals surface area (Å²) in [5, 5.41) is 6.29. The summed E-state index contributed by atoms with van der Waals surface area (Å²) >= 11 is 18.1. The molecule has 0 spiro atoms. The number of hydrogen-bond donors (Lipinski definition) is 2. The highest BCUT2D eigenvalue weighted by molar-refractivity contribution is 6.53. The van der Waals surface area contributed by atoms with Gasteiger partial charge in [0.1, 0.15) is 16.5 Å². The number of nitrogens with zero attached hydrogens (tertiary/aromatic N) is 1. The SMILES string of the molecule is CCOc1ccc(N2C(=O)C(Cl)=C(Nc3ccc(CC(=O)Nc4cc(Cl)cc(Cl)c4)cc3)C2=O)cc1. The molecule has 0 aliphatic carbocycles. The van der Waals surface area contributed by atoms with Gasteiger partial charge in [-0.15, -0.1) is 0 Å². The van der Waals surface area contributed by atoms with Gasteiger partial charge >= 0.3 is 0 Å². The van der Waals surface area contributed by atoms with Crippen LogP contribution in [0.5, 0.6) is 5.75 Å². The highest BCUT2D eigenvalue weighted by Crippen LogP contribution is 2.31. The molecule has 0 saturated heterocycles. The second-order valence-electron chi connectivity index (χ2n) is 7.77. The fourth-order valence-corrected chi connectivity index (χ4v) is 4.31. The molecule has 3 aromatic rings. The second-order valence-corrected chi connectivity index (χ2v) is 9.02. The van der Waals surface area contributed by atoms with E-state index in [4.69, 9.17) is 39.5 Å². The Morgan fingerprint density at radius 3 is 2.11 bits per heavy atom. The van der Waals surface area contributed by atoms with Crippen molar-refractivity contribution in [1.29, 1.82) is 0 Å². The zero-order valence-corrected chi connectivity index (χ0v) is 21.2. The molecule has 0 aromatic heterocycles. The number of carbonyl (C=O) groups excluding carboxylic acids is 3. The third kappa shape index (κ3) is 5.82. The van der Waals surface area contributed by atoms with E-state index in [9.17, 15) is 14.4 Å². The van der Waals surface area contributed by atoms with E-state index in [-0.39, 0.29) is 23.1 Å². The standard InChI is InChI=1S/C26H20Cl3N3O4/c1-2-36-21-9-7-20(8-10-21)32-25(34)23(29)24(26(32)35)31-18-5-3-15(4-6-18)11-22(33)30-19-13-16(27)12-17(28)14-19/h3-10,12-14,31H,2,11H2,1H3,(H,30,33). The molecule has 36 heavy (non-hydrogen) atoms. The molecular weight excluding hydrogens is 525 g/mol. The molecule has 0 saturated carbocycles. The minimum atomic E-state index is -0.622. The number of benzene rings is 3. The number of ether oxygens (including phenoxy) is 1. The molecular formula is C26H20Cl3N3O4. The van der Waals surface area contributed by atoms with Crippen molar-refractivity contribution in [2.75, 3.05) is 22.1 Å². The first-order valence-electron chi connectivity index (χ1n) is 10.9. The van der Waals surface area contributed by atoms with E-state index in [0.29, 0.717) is 39.5 Å². The van der Waals surface area contributed by atoms with E-state index in [0.717, 1.165) is 10.5 Å². The third-order valence-corrected chi connectivity index (χ3v) is 5.95. The average Bonchev–Trinajstić information content (AvgIpc) is 3.03. The number of imide groups is 1. The molecule has 0 atom stereocenters. The lowest BCUT2D eigenvalue weighted by atomic mass is 10.1. The highest BCUT2D eigenvalue weighted by atomic mass is 35.5. The van der Waals surface area contributed by atoms with Crippen LogP contribution < -0.4 is 20.3 Å². The van der Waals surface area contributed by atoms with Gasteiger partial charge in [-0.2, -0.15) is 0 Å². The quantitative estimate of drug-likeness (QED) is 0.339. The third-order valence-electron chi connectivity index (χ3n) is 5.17. The molecule has 4 rings (SSSR count). The Bertz CT molecular complexity index is 1340. The van der Waals surface area contributed by atoms with Gasteiger partial charge in [-0.1, -0.05) is 46.9 Å². The summed E-state index contributed by atoms with van der Waals surface area (Å²) in [6, 6.07) is 18.2. The Morgan fingerprint density at radius 1 is 0.861 bits per heavy atom. The molecule has 3 amide bonds. The van der Waals surface area contributed by atoms with Crippen LogP contribution in [0.2, 0.25) is 10.0 Å². The van der Waals surface area contributed by atoms with Crippen molar-refractivity contribution >= 4 is 69.6 Å². The number of rotatable bonds is 8. The molecule has 1 heterocycles. The van der Waals surface area contributed by atoms with E-state index in [1.807, 2.05) is 6.92 Å². The topological polar surface area (TPSA) is 87.7 Å². The molecule has 2 N–H and O–H groups in total. The van der Waals surface area contributed by atoms with E-state index in [1.165, 1.54) is 0 Å². The molecule has 7 nitrogen and oxygen atoms in total. The maximum atomic E-state index is 13.0. The zero-order chi connectivity index (χ0) is 25.8. The van der Waals surface area contributed by atoms with Crippen molar-refractivity contribution < 1.29 is 19.1 Å². The van der Waals surface area contributed by atoms with Crippen LogP contribution in [-0.2, 0) is 20.8 Å². The average molecular weight is 545 g/mol. The van der Waals surface area contributed by atoms with Crippen molar-refractivity contribution in [1.82, 2.24) is 0 Å². The number of hydrogen-bond acceptors (Lipinski definition) is 5. The molecule has 1 aliphatic rings. The van der Waals surface area contributed by atoms with E-state index < -0.39 is 11.8 Å². The Kier molecular flexibility index (Phi) is 7.84. The van der Waals surface area contributed by atoms with Gasteiger partial charge in [0.15, 0.2) is 0 Å². The number of nitrogens with one attached hydrogen (secondary N) is 2. The van der Waals surface area contributed by atoms with Gasteiger partial charge in [-0.05, 0) is 67.1 Å². The van der Waals surface area contributed by atoms with Crippen LogP contribution >= 0.6 is 34.8 Å². The minimum Gasteiger partial charge on any atom is -0.494 e. The van der Waals surface area contributed by atoms with Gasteiger partial charge in [0.25, 0.3) is 11.8 Å². The summed E-state index contributed by atoms with van der Waals surface area (Å²) in [5.74, 6) is -0.814. The van der Waals surface area contributed by atoms with E-state index >= 15 is 0 Å².